The molecule has 1 aromatic rings. The van der Waals surface area contributed by atoms with Crippen LogP contribution in [0.2, 0.25) is 5.02 Å². The fraction of sp³-hybridized carbons (Fsp3) is 0.364. The Hall–Kier alpha value is -1.30. The van der Waals surface area contributed by atoms with Crippen molar-refractivity contribution in [3.63, 3.8) is 0 Å². The number of nitrogens with zero attached hydrogens (tertiary/aromatic N) is 1. The van der Waals surface area contributed by atoms with Crippen LogP contribution in [0.25, 0.3) is 0 Å². The van der Waals surface area contributed by atoms with Crippen LogP contribution in [-0.4, -0.2) is 32.2 Å². The molecule has 92 valence electrons. The zero-order valence-electron chi connectivity index (χ0n) is 9.28. The average Bonchev–Trinajstić information content (AvgIpc) is 2.39. The van der Waals surface area contributed by atoms with Crippen molar-refractivity contribution in [1.29, 1.82) is 5.41 Å². The maximum Gasteiger partial charge on any atom is 0.238 e. The molecule has 3 N–H and O–H groups in total. The number of nitrogens with one attached hydrogen (secondary N) is 1. The Balaban J connectivity index is 2.20. The van der Waals surface area contributed by atoms with Crippen molar-refractivity contribution in [2.24, 2.45) is 5.90 Å². The number of ether oxygens (including phenoxy) is 1. The van der Waals surface area contributed by atoms with Gasteiger partial charge >= 0.3 is 0 Å². The lowest BCUT2D eigenvalue weighted by atomic mass is 10.2. The van der Waals surface area contributed by atoms with Crippen LogP contribution in [0, 0.1) is 5.41 Å². The summed E-state index contributed by atoms with van der Waals surface area (Å²) in [5.41, 5.74) is 1.51. The normalized spacial score (nSPS) is 15.8. The number of rotatable bonds is 2. The number of hydrogen-bond acceptors (Lipinski definition) is 5. The molecule has 1 aromatic carbocycles. The van der Waals surface area contributed by atoms with Crippen molar-refractivity contribution < 1.29 is 9.57 Å². The SMILES string of the molecule is N=C(ON)c1ccc(N2CCOCC2)cc1Cl. The van der Waals surface area contributed by atoms with Gasteiger partial charge in [-0.2, -0.15) is 5.90 Å². The summed E-state index contributed by atoms with van der Waals surface area (Å²) in [5, 5.41) is 7.93. The molecule has 0 spiro atoms. The summed E-state index contributed by atoms with van der Waals surface area (Å²) < 4.78 is 5.29. The molecular formula is C11H14ClN3O2. The van der Waals surface area contributed by atoms with E-state index in [0.29, 0.717) is 10.6 Å². The number of nitrogens with two attached hydrogens (primary N) is 1. The lowest BCUT2D eigenvalue weighted by Gasteiger charge is -2.29. The molecule has 1 aliphatic rings. The number of hydrogen-bond donors (Lipinski definition) is 2. The van der Waals surface area contributed by atoms with Crippen LogP contribution in [-0.2, 0) is 9.57 Å². The zero-order valence-corrected chi connectivity index (χ0v) is 10.0. The van der Waals surface area contributed by atoms with Crippen LogP contribution < -0.4 is 10.8 Å². The first-order chi connectivity index (χ1) is 8.22. The summed E-state index contributed by atoms with van der Waals surface area (Å²) in [6.07, 6.45) is 0. The van der Waals surface area contributed by atoms with E-state index < -0.39 is 0 Å². The Morgan fingerprint density at radius 3 is 2.71 bits per heavy atom. The molecule has 0 saturated carbocycles. The summed E-state index contributed by atoms with van der Waals surface area (Å²) in [7, 11) is 0. The van der Waals surface area contributed by atoms with Crippen molar-refractivity contribution >= 4 is 23.2 Å². The maximum absolute atomic E-state index is 7.47. The summed E-state index contributed by atoms with van der Waals surface area (Å²) >= 11 is 6.09. The van der Waals surface area contributed by atoms with Gasteiger partial charge in [-0.15, -0.1) is 0 Å². The first kappa shape index (κ1) is 12.2. The summed E-state index contributed by atoms with van der Waals surface area (Å²) in [6.45, 7) is 3.14. The molecule has 2 rings (SSSR count). The van der Waals surface area contributed by atoms with Crippen molar-refractivity contribution in [3.8, 4) is 0 Å². The Morgan fingerprint density at radius 2 is 2.12 bits per heavy atom. The van der Waals surface area contributed by atoms with Crippen molar-refractivity contribution in [1.82, 2.24) is 0 Å². The van der Waals surface area contributed by atoms with Gasteiger partial charge < -0.3 is 14.5 Å². The number of anilines is 1. The standard InChI is InChI=1S/C11H14ClN3O2/c12-10-7-8(15-3-5-16-6-4-15)1-2-9(10)11(13)17-14/h1-2,7,13H,3-6,14H2. The highest BCUT2D eigenvalue weighted by Gasteiger charge is 2.14. The third-order valence-corrected chi connectivity index (χ3v) is 3.00. The molecule has 1 fully saturated rings. The highest BCUT2D eigenvalue weighted by atomic mass is 35.5. The largest absolute Gasteiger partial charge is 0.391 e. The Labute approximate surface area is 105 Å². The second-order valence-electron chi connectivity index (χ2n) is 3.71. The molecular weight excluding hydrogens is 242 g/mol. The van der Waals surface area contributed by atoms with Crippen molar-refractivity contribution in [2.45, 2.75) is 0 Å². The van der Waals surface area contributed by atoms with Crippen LogP contribution in [0.15, 0.2) is 18.2 Å². The van der Waals surface area contributed by atoms with E-state index in [1.54, 1.807) is 6.07 Å². The topological polar surface area (TPSA) is 71.6 Å². The fourth-order valence-electron chi connectivity index (χ4n) is 1.77. The molecule has 17 heavy (non-hydrogen) atoms. The second kappa shape index (κ2) is 5.35. The molecule has 1 aliphatic heterocycles. The Morgan fingerprint density at radius 1 is 1.41 bits per heavy atom. The van der Waals surface area contributed by atoms with Gasteiger partial charge in [0.2, 0.25) is 5.90 Å². The van der Waals surface area contributed by atoms with Crippen molar-refractivity contribution in [3.05, 3.63) is 28.8 Å². The van der Waals surface area contributed by atoms with Gasteiger partial charge in [-0.25, -0.2) is 0 Å². The van der Waals surface area contributed by atoms with E-state index in [9.17, 15) is 0 Å². The van der Waals surface area contributed by atoms with Crippen LogP contribution in [0.4, 0.5) is 5.69 Å². The first-order valence-electron chi connectivity index (χ1n) is 5.30. The van der Waals surface area contributed by atoms with Gasteiger partial charge in [0.05, 0.1) is 23.8 Å². The third kappa shape index (κ3) is 2.69. The van der Waals surface area contributed by atoms with Crippen LogP contribution >= 0.6 is 11.6 Å². The predicted octanol–water partition coefficient (Wildman–Crippen LogP) is 1.39. The van der Waals surface area contributed by atoms with Gasteiger partial charge in [-0.1, -0.05) is 11.6 Å². The van der Waals surface area contributed by atoms with E-state index in [1.165, 1.54) is 0 Å². The molecule has 0 amide bonds. The molecule has 0 radical (unpaired) electrons. The minimum atomic E-state index is -0.136. The van der Waals surface area contributed by atoms with E-state index >= 15 is 0 Å². The second-order valence-corrected chi connectivity index (χ2v) is 4.12. The average molecular weight is 256 g/mol. The summed E-state index contributed by atoms with van der Waals surface area (Å²) in [6, 6.07) is 5.46. The minimum absolute atomic E-state index is 0.136. The first-order valence-corrected chi connectivity index (χ1v) is 5.68. The minimum Gasteiger partial charge on any atom is -0.391 e. The molecule has 0 bridgehead atoms. The molecule has 0 aliphatic carbocycles. The van der Waals surface area contributed by atoms with Crippen molar-refractivity contribution in [2.75, 3.05) is 31.2 Å². The monoisotopic (exact) mass is 255 g/mol. The Bertz CT molecular complexity index is 419. The molecule has 0 aromatic heterocycles. The van der Waals surface area contributed by atoms with Gasteiger partial charge in [-0.05, 0) is 18.2 Å². The van der Waals surface area contributed by atoms with Gasteiger partial charge in [0.25, 0.3) is 0 Å². The molecule has 1 heterocycles. The smallest absolute Gasteiger partial charge is 0.238 e. The van der Waals surface area contributed by atoms with Crippen LogP contribution in [0.3, 0.4) is 0 Å². The zero-order chi connectivity index (χ0) is 12.3. The van der Waals surface area contributed by atoms with Gasteiger partial charge in [0, 0.05) is 18.8 Å². The highest BCUT2D eigenvalue weighted by molar-refractivity contribution is 6.34. The van der Waals surface area contributed by atoms with Gasteiger partial charge in [0.15, 0.2) is 0 Å². The fourth-order valence-corrected chi connectivity index (χ4v) is 2.03. The summed E-state index contributed by atoms with van der Waals surface area (Å²) in [4.78, 5) is 6.55. The number of halogens is 1. The number of morpholine rings is 1. The van der Waals surface area contributed by atoms with E-state index in [1.807, 2.05) is 12.1 Å². The third-order valence-electron chi connectivity index (χ3n) is 2.69. The lowest BCUT2D eigenvalue weighted by molar-refractivity contribution is 0.122. The van der Waals surface area contributed by atoms with E-state index in [0.717, 1.165) is 32.0 Å². The van der Waals surface area contributed by atoms with Gasteiger partial charge in [-0.3, -0.25) is 5.41 Å². The molecule has 0 atom stereocenters. The molecule has 1 saturated heterocycles. The van der Waals surface area contributed by atoms with E-state index in [4.69, 9.17) is 27.6 Å². The van der Waals surface area contributed by atoms with Gasteiger partial charge in [0.1, 0.15) is 0 Å². The lowest BCUT2D eigenvalue weighted by Crippen LogP contribution is -2.36. The number of benzene rings is 1. The maximum atomic E-state index is 7.47. The highest BCUT2D eigenvalue weighted by Crippen LogP contribution is 2.24. The summed E-state index contributed by atoms with van der Waals surface area (Å²) in [5.74, 6) is 4.81. The van der Waals surface area contributed by atoms with Crippen LogP contribution in [0.5, 0.6) is 0 Å². The van der Waals surface area contributed by atoms with E-state index in [2.05, 4.69) is 9.74 Å². The molecule has 6 heteroatoms. The predicted molar refractivity (Wildman–Crippen MR) is 66.6 cm³/mol. The quantitative estimate of drug-likeness (QED) is 0.476. The van der Waals surface area contributed by atoms with Crippen LogP contribution in [0.1, 0.15) is 5.56 Å². The molecule has 5 nitrogen and oxygen atoms in total. The Kier molecular flexibility index (Phi) is 3.83. The molecule has 0 unspecified atom stereocenters. The van der Waals surface area contributed by atoms with E-state index in [-0.39, 0.29) is 5.90 Å².